The summed E-state index contributed by atoms with van der Waals surface area (Å²) < 4.78 is 28.8. The predicted octanol–water partition coefficient (Wildman–Crippen LogP) is 3.96. The zero-order valence-electron chi connectivity index (χ0n) is 12.7. The molecule has 0 radical (unpaired) electrons. The normalized spacial score (nSPS) is 9.62. The number of carbonyl (C=O) groups excluding carboxylic acids is 1. The van der Waals surface area contributed by atoms with Gasteiger partial charge in [-0.05, 0) is 36.3 Å². The van der Waals surface area contributed by atoms with Crippen molar-refractivity contribution in [1.29, 1.82) is 0 Å². The average molecular weight is 350 g/mol. The number of esters is 1. The van der Waals surface area contributed by atoms with Gasteiger partial charge < -0.3 is 14.2 Å². The maximum absolute atomic E-state index is 13.6. The van der Waals surface area contributed by atoms with Crippen molar-refractivity contribution >= 4 is 17.6 Å². The highest BCUT2D eigenvalue weighted by molar-refractivity contribution is 6.30. The third-order valence-corrected chi connectivity index (χ3v) is 2.86. The molecular formula is C17H13ClFNO4. The van der Waals surface area contributed by atoms with E-state index < -0.39 is 11.8 Å². The average Bonchev–Trinajstić information content (AvgIpc) is 2.58. The van der Waals surface area contributed by atoms with Crippen molar-refractivity contribution in [2.75, 3.05) is 6.61 Å². The summed E-state index contributed by atoms with van der Waals surface area (Å²) in [6, 6.07) is 7.56. The number of benzene rings is 1. The fourth-order valence-corrected chi connectivity index (χ4v) is 1.65. The first-order valence-electron chi connectivity index (χ1n) is 6.97. The van der Waals surface area contributed by atoms with Crippen LogP contribution in [0.2, 0.25) is 5.02 Å². The Morgan fingerprint density at radius 3 is 2.67 bits per heavy atom. The van der Waals surface area contributed by atoms with Gasteiger partial charge in [-0.2, -0.15) is 0 Å². The molecule has 0 unspecified atom stereocenters. The van der Waals surface area contributed by atoms with Crippen molar-refractivity contribution < 1.29 is 23.4 Å². The van der Waals surface area contributed by atoms with E-state index in [9.17, 15) is 9.18 Å². The van der Waals surface area contributed by atoms with Crippen molar-refractivity contribution in [3.8, 4) is 29.4 Å². The van der Waals surface area contributed by atoms with Gasteiger partial charge in [-0.25, -0.2) is 9.37 Å². The van der Waals surface area contributed by atoms with Crippen molar-refractivity contribution in [1.82, 2.24) is 4.98 Å². The number of carbonyl (C=O) groups is 1. The van der Waals surface area contributed by atoms with E-state index in [1.807, 2.05) is 0 Å². The van der Waals surface area contributed by atoms with E-state index in [2.05, 4.69) is 21.7 Å². The van der Waals surface area contributed by atoms with Gasteiger partial charge in [-0.3, -0.25) is 4.79 Å². The van der Waals surface area contributed by atoms with Crippen LogP contribution in [-0.4, -0.2) is 17.6 Å². The number of aromatic nitrogens is 1. The van der Waals surface area contributed by atoms with E-state index in [0.717, 1.165) is 6.07 Å². The largest absolute Gasteiger partial charge is 0.481 e. The van der Waals surface area contributed by atoms with E-state index in [4.69, 9.17) is 21.1 Å². The SMILES string of the molecule is CCC(=O)OC#CCOc1ccc(Oc2ncc(Cl)cc2F)cc1. The first kappa shape index (κ1) is 17.6. The maximum atomic E-state index is 13.6. The Balaban J connectivity index is 1.87. The molecule has 1 aromatic heterocycles. The Morgan fingerprint density at radius 2 is 2.00 bits per heavy atom. The van der Waals surface area contributed by atoms with Crippen LogP contribution in [0.4, 0.5) is 4.39 Å². The number of ether oxygens (including phenoxy) is 3. The molecular weight excluding hydrogens is 337 g/mol. The highest BCUT2D eigenvalue weighted by Gasteiger charge is 2.07. The van der Waals surface area contributed by atoms with Crippen LogP contribution in [0, 0.1) is 17.8 Å². The number of hydrogen-bond donors (Lipinski definition) is 0. The summed E-state index contributed by atoms with van der Waals surface area (Å²) in [5.41, 5.74) is 0. The summed E-state index contributed by atoms with van der Waals surface area (Å²) in [7, 11) is 0. The van der Waals surface area contributed by atoms with Crippen LogP contribution >= 0.6 is 11.6 Å². The Hall–Kier alpha value is -2.78. The zero-order chi connectivity index (χ0) is 17.4. The van der Waals surface area contributed by atoms with Crippen LogP contribution in [0.1, 0.15) is 13.3 Å². The topological polar surface area (TPSA) is 57.7 Å². The summed E-state index contributed by atoms with van der Waals surface area (Å²) in [5.74, 6) is 2.25. The second kappa shape index (κ2) is 8.75. The van der Waals surface area contributed by atoms with E-state index in [0.29, 0.717) is 11.5 Å². The molecule has 2 rings (SSSR count). The van der Waals surface area contributed by atoms with Crippen molar-refractivity contribution in [2.45, 2.75) is 13.3 Å². The summed E-state index contributed by atoms with van der Waals surface area (Å²) in [6.07, 6.45) is 3.81. The fourth-order valence-electron chi connectivity index (χ4n) is 1.51. The van der Waals surface area contributed by atoms with Gasteiger partial charge in [-0.15, -0.1) is 0 Å². The quantitative estimate of drug-likeness (QED) is 0.604. The highest BCUT2D eigenvalue weighted by atomic mass is 35.5. The molecule has 5 nitrogen and oxygen atoms in total. The molecule has 0 fully saturated rings. The zero-order valence-corrected chi connectivity index (χ0v) is 13.5. The number of hydrogen-bond acceptors (Lipinski definition) is 5. The number of halogens is 2. The monoisotopic (exact) mass is 349 g/mol. The van der Waals surface area contributed by atoms with Crippen molar-refractivity contribution in [3.05, 3.63) is 47.4 Å². The lowest BCUT2D eigenvalue weighted by atomic mass is 10.3. The summed E-state index contributed by atoms with van der Waals surface area (Å²) >= 11 is 5.62. The van der Waals surface area contributed by atoms with E-state index in [1.54, 1.807) is 31.2 Å². The van der Waals surface area contributed by atoms with Gasteiger partial charge in [0.1, 0.15) is 17.6 Å². The molecule has 0 saturated heterocycles. The van der Waals surface area contributed by atoms with Gasteiger partial charge in [-0.1, -0.05) is 18.5 Å². The van der Waals surface area contributed by atoms with E-state index in [-0.39, 0.29) is 23.9 Å². The highest BCUT2D eigenvalue weighted by Crippen LogP contribution is 2.25. The molecule has 7 heteroatoms. The van der Waals surface area contributed by atoms with E-state index in [1.165, 1.54) is 6.20 Å². The van der Waals surface area contributed by atoms with Gasteiger partial charge in [0.2, 0.25) is 0 Å². The second-order valence-corrected chi connectivity index (χ2v) is 4.85. The Bertz CT molecular complexity index is 768. The van der Waals surface area contributed by atoms with Gasteiger partial charge in [0, 0.05) is 12.6 Å². The number of nitrogens with zero attached hydrogens (tertiary/aromatic N) is 1. The lowest BCUT2D eigenvalue weighted by Gasteiger charge is -2.07. The lowest BCUT2D eigenvalue weighted by molar-refractivity contribution is -0.136. The molecule has 2 aromatic rings. The third kappa shape index (κ3) is 5.45. The first-order chi connectivity index (χ1) is 11.6. The molecule has 24 heavy (non-hydrogen) atoms. The van der Waals surface area contributed by atoms with Gasteiger partial charge in [0.05, 0.1) is 5.02 Å². The van der Waals surface area contributed by atoms with Crippen LogP contribution in [-0.2, 0) is 9.53 Å². The van der Waals surface area contributed by atoms with Crippen molar-refractivity contribution in [3.63, 3.8) is 0 Å². The molecule has 0 aliphatic heterocycles. The van der Waals surface area contributed by atoms with Crippen LogP contribution in [0.25, 0.3) is 0 Å². The third-order valence-electron chi connectivity index (χ3n) is 2.65. The summed E-state index contributed by atoms with van der Waals surface area (Å²) in [6.45, 7) is 1.74. The summed E-state index contributed by atoms with van der Waals surface area (Å²) in [5, 5.41) is 0.189. The molecule has 0 saturated carbocycles. The molecule has 0 aliphatic carbocycles. The van der Waals surface area contributed by atoms with Crippen LogP contribution < -0.4 is 9.47 Å². The minimum atomic E-state index is -0.653. The van der Waals surface area contributed by atoms with Gasteiger partial charge in [0.15, 0.2) is 12.4 Å². The van der Waals surface area contributed by atoms with Crippen molar-refractivity contribution in [2.24, 2.45) is 0 Å². The van der Waals surface area contributed by atoms with E-state index >= 15 is 0 Å². The minimum Gasteiger partial charge on any atom is -0.481 e. The molecule has 0 bridgehead atoms. The fraction of sp³-hybridized carbons (Fsp3) is 0.176. The molecule has 124 valence electrons. The van der Waals surface area contributed by atoms with Gasteiger partial charge in [0.25, 0.3) is 5.88 Å². The molecule has 0 atom stereocenters. The number of rotatable bonds is 5. The standard InChI is InChI=1S/C17H13ClFNO4/c1-2-16(21)23-9-3-8-22-13-4-6-14(7-5-13)24-17-15(19)10-12(18)11-20-17/h4-7,10-11H,2,8H2,1H3. The molecule has 0 amide bonds. The minimum absolute atomic E-state index is 0.0601. The predicted molar refractivity (Wildman–Crippen MR) is 85.4 cm³/mol. The maximum Gasteiger partial charge on any atom is 0.319 e. The Labute approximate surface area is 143 Å². The Morgan fingerprint density at radius 1 is 1.29 bits per heavy atom. The Kier molecular flexibility index (Phi) is 6.41. The van der Waals surface area contributed by atoms with Crippen LogP contribution in [0.15, 0.2) is 36.5 Å². The lowest BCUT2D eigenvalue weighted by Crippen LogP contribution is -1.98. The first-order valence-corrected chi connectivity index (χ1v) is 7.35. The summed E-state index contributed by atoms with van der Waals surface area (Å²) in [4.78, 5) is 14.6. The smallest absolute Gasteiger partial charge is 0.319 e. The molecule has 0 spiro atoms. The molecule has 1 aromatic carbocycles. The molecule has 0 N–H and O–H groups in total. The van der Waals surface area contributed by atoms with Gasteiger partial charge >= 0.3 is 5.97 Å². The second-order valence-electron chi connectivity index (χ2n) is 4.41. The van der Waals surface area contributed by atoms with Crippen LogP contribution in [0.3, 0.4) is 0 Å². The number of pyridine rings is 1. The molecule has 0 aliphatic rings. The molecule has 1 heterocycles. The van der Waals surface area contributed by atoms with Crippen LogP contribution in [0.5, 0.6) is 17.4 Å².